The predicted octanol–water partition coefficient (Wildman–Crippen LogP) is 5.37. The first-order valence-corrected chi connectivity index (χ1v) is 6.70. The fourth-order valence-electron chi connectivity index (χ4n) is 1.57. The molecule has 0 nitrogen and oxygen atoms in total. The Hall–Kier alpha value is -0.580. The second kappa shape index (κ2) is 6.55. The van der Waals surface area contributed by atoms with E-state index < -0.39 is 17.2 Å². The lowest BCUT2D eigenvalue weighted by molar-refractivity contribution is -0.127. The van der Waals surface area contributed by atoms with Crippen molar-refractivity contribution in [2.24, 2.45) is 0 Å². The van der Waals surface area contributed by atoms with E-state index in [0.717, 1.165) is 24.8 Å². The molecule has 0 aliphatic heterocycles. The molecule has 0 saturated carbocycles. The van der Waals surface area contributed by atoms with E-state index in [1.807, 2.05) is 0 Å². The van der Waals surface area contributed by atoms with Crippen molar-refractivity contribution in [3.05, 3.63) is 35.4 Å². The van der Waals surface area contributed by atoms with E-state index in [2.05, 4.69) is 22.9 Å². The smallest absolute Gasteiger partial charge is 0.204 e. The average Bonchev–Trinajstić information content (AvgIpc) is 2.35. The van der Waals surface area contributed by atoms with Gasteiger partial charge in [0, 0.05) is 0 Å². The van der Waals surface area contributed by atoms with Crippen LogP contribution in [0.25, 0.3) is 0 Å². The molecule has 0 aliphatic rings. The first kappa shape index (κ1) is 15.5. The lowest BCUT2D eigenvalue weighted by Crippen LogP contribution is -2.31. The molecule has 5 heteroatoms. The lowest BCUT2D eigenvalue weighted by Gasteiger charge is -2.21. The Bertz CT molecular complexity index is 362. The monoisotopic (exact) mass is 326 g/mol. The lowest BCUT2D eigenvalue weighted by atomic mass is 10.0. The van der Waals surface area contributed by atoms with Gasteiger partial charge in [-0.3, -0.25) is 0 Å². The maximum absolute atomic E-state index is 13.1. The van der Waals surface area contributed by atoms with Crippen LogP contribution in [0.5, 0.6) is 0 Å². The molecule has 0 radical (unpaired) electrons. The van der Waals surface area contributed by atoms with Gasteiger partial charge in [-0.1, -0.05) is 53.5 Å². The number of hydrogen-bond donors (Lipinski definition) is 0. The molecule has 1 aromatic carbocycles. The minimum Gasteiger partial charge on any atom is -0.204 e. The van der Waals surface area contributed by atoms with Crippen molar-refractivity contribution in [1.29, 1.82) is 0 Å². The van der Waals surface area contributed by atoms with Gasteiger partial charge in [-0.15, -0.1) is 0 Å². The van der Waals surface area contributed by atoms with Crippen LogP contribution in [0.15, 0.2) is 24.3 Å². The number of halogens is 5. The molecule has 18 heavy (non-hydrogen) atoms. The molecule has 1 aromatic rings. The van der Waals surface area contributed by atoms with Gasteiger partial charge >= 0.3 is 12.3 Å². The Labute approximate surface area is 113 Å². The zero-order chi connectivity index (χ0) is 13.8. The first-order chi connectivity index (χ1) is 8.39. The van der Waals surface area contributed by atoms with E-state index in [1.54, 1.807) is 12.1 Å². The zero-order valence-corrected chi connectivity index (χ0v) is 11.6. The van der Waals surface area contributed by atoms with Gasteiger partial charge in [0.25, 0.3) is 0 Å². The summed E-state index contributed by atoms with van der Waals surface area (Å²) in [6.45, 7) is 2.06. The minimum atomic E-state index is -4.06. The molecule has 1 rings (SSSR count). The predicted molar refractivity (Wildman–Crippen MR) is 67.7 cm³/mol. The molecular weight excluding hydrogens is 312 g/mol. The summed E-state index contributed by atoms with van der Waals surface area (Å²) in [5, 5.41) is 0. The van der Waals surface area contributed by atoms with Crippen LogP contribution >= 0.6 is 15.9 Å². The molecule has 0 fully saturated rings. The fourth-order valence-corrected chi connectivity index (χ4v) is 2.07. The van der Waals surface area contributed by atoms with E-state index in [0.29, 0.717) is 0 Å². The van der Waals surface area contributed by atoms with E-state index in [1.165, 1.54) is 12.1 Å². The van der Waals surface area contributed by atoms with E-state index in [4.69, 9.17) is 0 Å². The highest BCUT2D eigenvalue weighted by Crippen LogP contribution is 2.42. The van der Waals surface area contributed by atoms with Gasteiger partial charge in [-0.05, 0) is 24.0 Å². The quantitative estimate of drug-likeness (QED) is 0.487. The van der Waals surface area contributed by atoms with Gasteiger partial charge in [0.1, 0.15) is 4.83 Å². The Morgan fingerprint density at radius 2 is 1.72 bits per heavy atom. The summed E-state index contributed by atoms with van der Waals surface area (Å²) in [6.07, 6.45) is -0.743. The third kappa shape index (κ3) is 3.70. The molecule has 1 atom stereocenters. The molecular formula is C13H15BrF4. The topological polar surface area (TPSA) is 0 Å². The highest BCUT2D eigenvalue weighted by Gasteiger charge is 2.48. The highest BCUT2D eigenvalue weighted by molar-refractivity contribution is 9.09. The Morgan fingerprint density at radius 1 is 1.17 bits per heavy atom. The van der Waals surface area contributed by atoms with Crippen molar-refractivity contribution in [3.63, 3.8) is 0 Å². The number of unbranched alkanes of at least 4 members (excludes halogenated alkanes) is 1. The number of hydrogen-bond acceptors (Lipinski definition) is 0. The van der Waals surface area contributed by atoms with Crippen molar-refractivity contribution in [3.8, 4) is 0 Å². The molecule has 0 bridgehead atoms. The van der Waals surface area contributed by atoms with Crippen molar-refractivity contribution in [2.75, 3.05) is 0 Å². The molecule has 0 spiro atoms. The van der Waals surface area contributed by atoms with Crippen molar-refractivity contribution in [1.82, 2.24) is 0 Å². The molecule has 102 valence electrons. The number of alkyl halides is 5. The van der Waals surface area contributed by atoms with Gasteiger partial charge in [-0.25, -0.2) is 8.78 Å². The SMILES string of the molecule is CCCCc1ccc(C(Br)C(F)(F)C(F)F)cc1. The molecule has 0 aromatic heterocycles. The maximum atomic E-state index is 13.1. The van der Waals surface area contributed by atoms with Gasteiger partial charge in [0.2, 0.25) is 0 Å². The van der Waals surface area contributed by atoms with Gasteiger partial charge < -0.3 is 0 Å². The fraction of sp³-hybridized carbons (Fsp3) is 0.538. The Balaban J connectivity index is 2.78. The van der Waals surface area contributed by atoms with Crippen molar-refractivity contribution < 1.29 is 17.6 Å². The van der Waals surface area contributed by atoms with Gasteiger partial charge in [0.15, 0.2) is 0 Å². The third-order valence-electron chi connectivity index (χ3n) is 2.72. The van der Waals surface area contributed by atoms with Crippen LogP contribution in [-0.2, 0) is 6.42 Å². The number of rotatable bonds is 6. The second-order valence-corrected chi connectivity index (χ2v) is 5.10. The van der Waals surface area contributed by atoms with Crippen LogP contribution in [0, 0.1) is 0 Å². The largest absolute Gasteiger partial charge is 0.323 e. The summed E-state index contributed by atoms with van der Waals surface area (Å²) in [4.78, 5) is -1.66. The van der Waals surface area contributed by atoms with Crippen LogP contribution < -0.4 is 0 Å². The second-order valence-electron chi connectivity index (χ2n) is 4.18. The highest BCUT2D eigenvalue weighted by atomic mass is 79.9. The normalized spacial score (nSPS) is 13.9. The molecule has 0 aliphatic carbocycles. The molecule has 1 unspecified atom stereocenters. The van der Waals surface area contributed by atoms with E-state index in [9.17, 15) is 17.6 Å². The summed E-state index contributed by atoms with van der Waals surface area (Å²) in [5.41, 5.74) is 1.20. The van der Waals surface area contributed by atoms with E-state index in [-0.39, 0.29) is 5.56 Å². The minimum absolute atomic E-state index is 0.167. The molecule has 0 heterocycles. The molecule has 0 amide bonds. The van der Waals surface area contributed by atoms with Crippen LogP contribution in [0.4, 0.5) is 17.6 Å². The maximum Gasteiger partial charge on any atom is 0.323 e. The molecule has 0 saturated heterocycles. The van der Waals surface area contributed by atoms with Crippen LogP contribution in [-0.4, -0.2) is 12.3 Å². The summed E-state index contributed by atoms with van der Waals surface area (Å²) < 4.78 is 50.7. The van der Waals surface area contributed by atoms with E-state index >= 15 is 0 Å². The Morgan fingerprint density at radius 3 is 2.17 bits per heavy atom. The Kier molecular flexibility index (Phi) is 5.63. The number of benzene rings is 1. The third-order valence-corrected chi connectivity index (χ3v) is 3.86. The summed E-state index contributed by atoms with van der Waals surface area (Å²) in [6, 6.07) is 6.36. The van der Waals surface area contributed by atoms with Crippen LogP contribution in [0.2, 0.25) is 0 Å². The summed E-state index contributed by atoms with van der Waals surface area (Å²) in [5.74, 6) is -4.06. The average molecular weight is 327 g/mol. The van der Waals surface area contributed by atoms with Crippen LogP contribution in [0.1, 0.15) is 35.7 Å². The van der Waals surface area contributed by atoms with Crippen molar-refractivity contribution in [2.45, 2.75) is 43.4 Å². The van der Waals surface area contributed by atoms with Gasteiger partial charge in [-0.2, -0.15) is 8.78 Å². The summed E-state index contributed by atoms with van der Waals surface area (Å²) in [7, 11) is 0. The van der Waals surface area contributed by atoms with Gasteiger partial charge in [0.05, 0.1) is 0 Å². The molecule has 0 N–H and O–H groups in total. The standard InChI is InChI=1S/C13H15BrF4/c1-2-3-4-9-5-7-10(8-6-9)11(14)13(17,18)12(15)16/h5-8,11-12H,2-4H2,1H3. The zero-order valence-electron chi connectivity index (χ0n) is 9.98. The van der Waals surface area contributed by atoms with Crippen LogP contribution in [0.3, 0.4) is 0 Å². The number of aryl methyl sites for hydroxylation is 1. The summed E-state index contributed by atoms with van der Waals surface area (Å²) >= 11 is 2.66. The first-order valence-electron chi connectivity index (χ1n) is 5.78. The van der Waals surface area contributed by atoms with Crippen molar-refractivity contribution >= 4 is 15.9 Å².